The fourth-order valence-corrected chi connectivity index (χ4v) is 3.53. The molecule has 0 bridgehead atoms. The molecule has 0 amide bonds. The summed E-state index contributed by atoms with van der Waals surface area (Å²) in [5.41, 5.74) is 0. The van der Waals surface area contributed by atoms with E-state index in [1.807, 2.05) is 6.92 Å². The molecule has 0 aromatic carbocycles. The minimum Gasteiger partial charge on any atom is -0.379 e. The molecule has 1 saturated heterocycles. The Morgan fingerprint density at radius 2 is 1.84 bits per heavy atom. The van der Waals surface area contributed by atoms with Crippen molar-refractivity contribution in [1.82, 2.24) is 15.5 Å². The molecule has 0 aliphatic carbocycles. The molecule has 25 heavy (non-hydrogen) atoms. The van der Waals surface area contributed by atoms with Crippen LogP contribution in [0, 0.1) is 5.92 Å². The van der Waals surface area contributed by atoms with E-state index in [9.17, 15) is 8.42 Å². The van der Waals surface area contributed by atoms with Crippen molar-refractivity contribution in [3.63, 3.8) is 0 Å². The van der Waals surface area contributed by atoms with Crippen LogP contribution in [0.15, 0.2) is 4.99 Å². The molecule has 1 rings (SSSR count). The Morgan fingerprint density at radius 1 is 1.20 bits per heavy atom. The van der Waals surface area contributed by atoms with Crippen LogP contribution in [0.3, 0.4) is 0 Å². The van der Waals surface area contributed by atoms with Gasteiger partial charge in [0.15, 0.2) is 5.96 Å². The highest BCUT2D eigenvalue weighted by Crippen LogP contribution is 2.20. The number of rotatable bonds is 10. The van der Waals surface area contributed by atoms with Crippen molar-refractivity contribution < 1.29 is 13.2 Å². The number of primary sulfonamides is 1. The first-order valence-corrected chi connectivity index (χ1v) is 11.0. The standard InChI is InChI=1S/C16H35N5O3S/c1-4-14(5-2)15(21-8-10-24-11-9-21)13-20-16(18-6-3)19-7-12-25(17,22)23/h14-15H,4-13H2,1-3H3,(H2,17,22,23)(H2,18,19,20). The van der Waals surface area contributed by atoms with Crippen molar-refractivity contribution in [1.29, 1.82) is 0 Å². The van der Waals surface area contributed by atoms with E-state index in [0.717, 1.165) is 39.1 Å². The highest BCUT2D eigenvalue weighted by Gasteiger charge is 2.26. The number of nitrogens with two attached hydrogens (primary N) is 1. The number of morpholine rings is 1. The minimum atomic E-state index is -3.47. The van der Waals surface area contributed by atoms with Gasteiger partial charge in [0, 0.05) is 32.2 Å². The lowest BCUT2D eigenvalue weighted by Crippen LogP contribution is -2.49. The van der Waals surface area contributed by atoms with Crippen molar-refractivity contribution in [3.8, 4) is 0 Å². The van der Waals surface area contributed by atoms with Gasteiger partial charge in [-0.3, -0.25) is 9.89 Å². The van der Waals surface area contributed by atoms with Gasteiger partial charge in [0.1, 0.15) is 0 Å². The van der Waals surface area contributed by atoms with E-state index in [4.69, 9.17) is 14.9 Å². The van der Waals surface area contributed by atoms with Crippen LogP contribution in [0.25, 0.3) is 0 Å². The van der Waals surface area contributed by atoms with E-state index < -0.39 is 10.0 Å². The average molecular weight is 378 g/mol. The van der Waals surface area contributed by atoms with Crippen LogP contribution in [0.4, 0.5) is 0 Å². The maximum absolute atomic E-state index is 11.1. The van der Waals surface area contributed by atoms with E-state index in [-0.39, 0.29) is 12.3 Å². The number of nitrogens with zero attached hydrogens (tertiary/aromatic N) is 2. The summed E-state index contributed by atoms with van der Waals surface area (Å²) < 4.78 is 27.6. The van der Waals surface area contributed by atoms with Crippen LogP contribution < -0.4 is 15.8 Å². The first-order chi connectivity index (χ1) is 11.9. The molecule has 9 heteroatoms. The summed E-state index contributed by atoms with van der Waals surface area (Å²) >= 11 is 0. The van der Waals surface area contributed by atoms with E-state index in [1.54, 1.807) is 0 Å². The minimum absolute atomic E-state index is 0.114. The van der Waals surface area contributed by atoms with E-state index in [0.29, 0.717) is 31.0 Å². The van der Waals surface area contributed by atoms with Crippen LogP contribution in [0.2, 0.25) is 0 Å². The summed E-state index contributed by atoms with van der Waals surface area (Å²) in [6, 6.07) is 0.368. The summed E-state index contributed by atoms with van der Waals surface area (Å²) in [4.78, 5) is 7.17. The summed E-state index contributed by atoms with van der Waals surface area (Å²) in [6.45, 7) is 11.5. The van der Waals surface area contributed by atoms with Crippen LogP contribution in [-0.2, 0) is 14.8 Å². The normalized spacial score (nSPS) is 18.4. The van der Waals surface area contributed by atoms with Gasteiger partial charge >= 0.3 is 0 Å². The second-order valence-corrected chi connectivity index (χ2v) is 8.04. The second kappa shape index (κ2) is 11.7. The molecule has 1 unspecified atom stereocenters. The van der Waals surface area contributed by atoms with Crippen LogP contribution in [0.5, 0.6) is 0 Å². The lowest BCUT2D eigenvalue weighted by atomic mass is 9.92. The maximum Gasteiger partial charge on any atom is 0.210 e. The topological polar surface area (TPSA) is 109 Å². The molecule has 0 saturated carbocycles. The zero-order valence-electron chi connectivity index (χ0n) is 15.8. The van der Waals surface area contributed by atoms with Crippen molar-refractivity contribution >= 4 is 16.0 Å². The van der Waals surface area contributed by atoms with Gasteiger partial charge in [0.2, 0.25) is 10.0 Å². The third kappa shape index (κ3) is 8.84. The summed E-state index contributed by atoms with van der Waals surface area (Å²) in [6.07, 6.45) is 2.23. The van der Waals surface area contributed by atoms with Gasteiger partial charge in [0.25, 0.3) is 0 Å². The molecule has 1 aliphatic heterocycles. The first-order valence-electron chi connectivity index (χ1n) is 9.25. The van der Waals surface area contributed by atoms with Gasteiger partial charge < -0.3 is 15.4 Å². The van der Waals surface area contributed by atoms with Gasteiger partial charge in [-0.05, 0) is 12.8 Å². The van der Waals surface area contributed by atoms with E-state index in [2.05, 4.69) is 29.4 Å². The molecule has 0 aromatic rings. The summed E-state index contributed by atoms with van der Waals surface area (Å²) in [5, 5.41) is 11.3. The van der Waals surface area contributed by atoms with Gasteiger partial charge in [-0.2, -0.15) is 0 Å². The molecule has 1 fully saturated rings. The van der Waals surface area contributed by atoms with Crippen LogP contribution in [-0.4, -0.2) is 77.0 Å². The van der Waals surface area contributed by atoms with Crippen molar-refractivity contribution in [2.45, 2.75) is 39.7 Å². The molecule has 4 N–H and O–H groups in total. The van der Waals surface area contributed by atoms with E-state index in [1.165, 1.54) is 0 Å². The highest BCUT2D eigenvalue weighted by molar-refractivity contribution is 7.89. The fourth-order valence-electron chi connectivity index (χ4n) is 3.14. The van der Waals surface area contributed by atoms with Crippen LogP contribution >= 0.6 is 0 Å². The maximum atomic E-state index is 11.1. The quantitative estimate of drug-likeness (QED) is 0.364. The molecule has 8 nitrogen and oxygen atoms in total. The zero-order valence-corrected chi connectivity index (χ0v) is 16.6. The van der Waals surface area contributed by atoms with Gasteiger partial charge in [-0.1, -0.05) is 26.7 Å². The Morgan fingerprint density at radius 3 is 2.36 bits per heavy atom. The largest absolute Gasteiger partial charge is 0.379 e. The highest BCUT2D eigenvalue weighted by atomic mass is 32.2. The fraction of sp³-hybridized carbons (Fsp3) is 0.938. The van der Waals surface area contributed by atoms with Gasteiger partial charge in [-0.25, -0.2) is 13.6 Å². The third-order valence-corrected chi connectivity index (χ3v) is 5.34. The predicted octanol–water partition coefficient (Wildman–Crippen LogP) is -0.0330. The summed E-state index contributed by atoms with van der Waals surface area (Å²) in [7, 11) is -3.47. The van der Waals surface area contributed by atoms with Gasteiger partial charge in [0.05, 0.1) is 25.5 Å². The van der Waals surface area contributed by atoms with Crippen molar-refractivity contribution in [3.05, 3.63) is 0 Å². The SMILES string of the molecule is CCNC(=NCC(C(CC)CC)N1CCOCC1)NCCS(N)(=O)=O. The Balaban J connectivity index is 2.73. The number of hydrogen-bond acceptors (Lipinski definition) is 5. The molecular formula is C16H35N5O3S. The van der Waals surface area contributed by atoms with Crippen molar-refractivity contribution in [2.75, 3.05) is 51.7 Å². The zero-order chi connectivity index (χ0) is 18.7. The van der Waals surface area contributed by atoms with Gasteiger partial charge in [-0.15, -0.1) is 0 Å². The number of sulfonamides is 1. The average Bonchev–Trinajstić information content (AvgIpc) is 2.58. The Kier molecular flexibility index (Phi) is 10.3. The molecular weight excluding hydrogens is 342 g/mol. The monoisotopic (exact) mass is 377 g/mol. The smallest absolute Gasteiger partial charge is 0.210 e. The molecule has 1 aliphatic rings. The molecule has 148 valence electrons. The molecule has 1 heterocycles. The second-order valence-electron chi connectivity index (χ2n) is 6.31. The Labute approximate surface area is 152 Å². The molecule has 0 aromatic heterocycles. The summed E-state index contributed by atoms with van der Waals surface area (Å²) in [5.74, 6) is 1.10. The number of ether oxygens (including phenoxy) is 1. The van der Waals surface area contributed by atoms with Crippen LogP contribution in [0.1, 0.15) is 33.6 Å². The first kappa shape index (κ1) is 22.1. The number of hydrogen-bond donors (Lipinski definition) is 3. The molecule has 0 radical (unpaired) electrons. The molecule has 0 spiro atoms. The van der Waals surface area contributed by atoms with Crippen molar-refractivity contribution in [2.24, 2.45) is 16.0 Å². The Bertz CT molecular complexity index is 488. The van der Waals surface area contributed by atoms with E-state index >= 15 is 0 Å². The predicted molar refractivity (Wildman–Crippen MR) is 102 cm³/mol. The third-order valence-electron chi connectivity index (χ3n) is 4.57. The number of guanidine groups is 1. The lowest BCUT2D eigenvalue weighted by Gasteiger charge is -2.38. The molecule has 1 atom stereocenters. The Hall–Kier alpha value is -0.900. The number of aliphatic imine (C=N–C) groups is 1. The lowest BCUT2D eigenvalue weighted by molar-refractivity contribution is 0.00395. The number of nitrogens with one attached hydrogen (secondary N) is 2.